The molecule has 0 saturated carbocycles. The first kappa shape index (κ1) is 19.3. The van der Waals surface area contributed by atoms with Crippen molar-refractivity contribution in [2.45, 2.75) is 40.3 Å². The maximum Gasteiger partial charge on any atom is 0.309 e. The lowest BCUT2D eigenvalue weighted by atomic mass is 10.2. The highest BCUT2D eigenvalue weighted by molar-refractivity contribution is 5.75. The molecule has 28 heavy (non-hydrogen) atoms. The molecule has 3 aromatic rings. The van der Waals surface area contributed by atoms with Crippen LogP contribution >= 0.6 is 0 Å². The summed E-state index contributed by atoms with van der Waals surface area (Å²) in [5, 5.41) is 22.3. The van der Waals surface area contributed by atoms with Crippen LogP contribution < -0.4 is 5.32 Å². The van der Waals surface area contributed by atoms with Gasteiger partial charge in [-0.3, -0.25) is 19.6 Å². The van der Waals surface area contributed by atoms with Gasteiger partial charge < -0.3 is 5.32 Å². The molecule has 0 saturated heterocycles. The Labute approximate surface area is 162 Å². The minimum atomic E-state index is -0.477. The van der Waals surface area contributed by atoms with Crippen molar-refractivity contribution >= 4 is 11.6 Å². The summed E-state index contributed by atoms with van der Waals surface area (Å²) >= 11 is 0. The average Bonchev–Trinajstić information content (AvgIpc) is 3.18. The normalized spacial score (nSPS) is 10.8. The first-order valence-corrected chi connectivity index (χ1v) is 8.92. The van der Waals surface area contributed by atoms with Crippen LogP contribution in [-0.4, -0.2) is 30.4 Å². The van der Waals surface area contributed by atoms with E-state index in [-0.39, 0.29) is 24.6 Å². The highest BCUT2D eigenvalue weighted by atomic mass is 16.6. The summed E-state index contributed by atoms with van der Waals surface area (Å²) in [6.07, 6.45) is 1.39. The second-order valence-electron chi connectivity index (χ2n) is 6.52. The first-order valence-electron chi connectivity index (χ1n) is 8.92. The standard InChI is InChI=1S/C19H22N6O3/c1-13-17(14(2)24(22-13)16-7-5-4-6-8-16)11-20-19(26)9-10-23-15(3)18(12-21-23)25(27)28/h4-8,12H,9-11H2,1-3H3,(H,20,26). The zero-order chi connectivity index (χ0) is 20.3. The number of hydrogen-bond donors (Lipinski definition) is 1. The summed E-state index contributed by atoms with van der Waals surface area (Å²) in [4.78, 5) is 22.6. The van der Waals surface area contributed by atoms with E-state index < -0.39 is 4.92 Å². The topological polar surface area (TPSA) is 108 Å². The lowest BCUT2D eigenvalue weighted by Crippen LogP contribution is -2.24. The van der Waals surface area contributed by atoms with Crippen molar-refractivity contribution in [1.29, 1.82) is 0 Å². The van der Waals surface area contributed by atoms with Gasteiger partial charge in [0.25, 0.3) is 0 Å². The van der Waals surface area contributed by atoms with Gasteiger partial charge in [-0.15, -0.1) is 0 Å². The van der Waals surface area contributed by atoms with E-state index in [1.54, 1.807) is 6.92 Å². The number of carbonyl (C=O) groups is 1. The summed E-state index contributed by atoms with van der Waals surface area (Å²) in [6.45, 7) is 6.17. The van der Waals surface area contributed by atoms with Gasteiger partial charge in [0.1, 0.15) is 11.9 Å². The molecule has 9 nitrogen and oxygen atoms in total. The Kier molecular flexibility index (Phi) is 5.53. The Hall–Kier alpha value is -3.49. The summed E-state index contributed by atoms with van der Waals surface area (Å²) in [6, 6.07) is 9.82. The van der Waals surface area contributed by atoms with Crippen molar-refractivity contribution in [2.75, 3.05) is 0 Å². The van der Waals surface area contributed by atoms with Crippen LogP contribution in [0.25, 0.3) is 5.69 Å². The molecular formula is C19H22N6O3. The maximum atomic E-state index is 12.2. The third-order valence-electron chi connectivity index (χ3n) is 4.73. The highest BCUT2D eigenvalue weighted by Gasteiger charge is 2.17. The number of nitrogens with one attached hydrogen (secondary N) is 1. The fraction of sp³-hybridized carbons (Fsp3) is 0.316. The minimum absolute atomic E-state index is 0.0417. The number of aryl methyl sites for hydroxylation is 2. The van der Waals surface area contributed by atoms with Gasteiger partial charge >= 0.3 is 5.69 Å². The van der Waals surface area contributed by atoms with Crippen LogP contribution in [0.5, 0.6) is 0 Å². The molecule has 3 rings (SSSR count). The van der Waals surface area contributed by atoms with Gasteiger partial charge in [0.15, 0.2) is 0 Å². The molecular weight excluding hydrogens is 360 g/mol. The molecule has 0 bridgehead atoms. The molecule has 9 heteroatoms. The SMILES string of the molecule is Cc1nn(-c2ccccc2)c(C)c1CNC(=O)CCn1ncc([N+](=O)[O-])c1C. The molecule has 0 fully saturated rings. The van der Waals surface area contributed by atoms with Crippen LogP contribution in [-0.2, 0) is 17.9 Å². The monoisotopic (exact) mass is 382 g/mol. The van der Waals surface area contributed by atoms with Crippen molar-refractivity contribution in [2.24, 2.45) is 0 Å². The largest absolute Gasteiger partial charge is 0.352 e. The molecule has 0 atom stereocenters. The summed E-state index contributed by atoms with van der Waals surface area (Å²) < 4.78 is 3.34. The van der Waals surface area contributed by atoms with Crippen LogP contribution in [0, 0.1) is 30.9 Å². The molecule has 0 radical (unpaired) electrons. The average molecular weight is 382 g/mol. The number of para-hydroxylation sites is 1. The minimum Gasteiger partial charge on any atom is -0.352 e. The number of nitro groups is 1. The van der Waals surface area contributed by atoms with E-state index in [4.69, 9.17) is 0 Å². The van der Waals surface area contributed by atoms with Crippen LogP contribution in [0.2, 0.25) is 0 Å². The smallest absolute Gasteiger partial charge is 0.309 e. The molecule has 0 aliphatic heterocycles. The van der Waals surface area contributed by atoms with Crippen LogP contribution in [0.1, 0.15) is 29.1 Å². The van der Waals surface area contributed by atoms with Crippen molar-refractivity contribution in [3.05, 3.63) is 69.3 Å². The third-order valence-corrected chi connectivity index (χ3v) is 4.73. The van der Waals surface area contributed by atoms with Crippen molar-refractivity contribution < 1.29 is 9.72 Å². The second kappa shape index (κ2) is 8.03. The zero-order valence-corrected chi connectivity index (χ0v) is 16.0. The van der Waals surface area contributed by atoms with Crippen molar-refractivity contribution in [3.63, 3.8) is 0 Å². The Morgan fingerprint density at radius 3 is 2.54 bits per heavy atom. The summed E-state index contributed by atoms with van der Waals surface area (Å²) in [5.74, 6) is -0.149. The van der Waals surface area contributed by atoms with Gasteiger partial charge in [-0.25, -0.2) is 4.68 Å². The van der Waals surface area contributed by atoms with E-state index in [2.05, 4.69) is 15.5 Å². The molecule has 2 aromatic heterocycles. The molecule has 0 unspecified atom stereocenters. The quantitative estimate of drug-likeness (QED) is 0.499. The van der Waals surface area contributed by atoms with Gasteiger partial charge in [-0.2, -0.15) is 10.2 Å². The first-order chi connectivity index (χ1) is 13.4. The summed E-state index contributed by atoms with van der Waals surface area (Å²) in [7, 11) is 0. The highest BCUT2D eigenvalue weighted by Crippen LogP contribution is 2.18. The van der Waals surface area contributed by atoms with E-state index in [0.717, 1.165) is 22.6 Å². The number of amides is 1. The summed E-state index contributed by atoms with van der Waals surface area (Å²) in [5.41, 5.74) is 4.18. The van der Waals surface area contributed by atoms with Gasteiger partial charge in [0.05, 0.1) is 22.8 Å². The molecule has 0 aliphatic rings. The lowest BCUT2D eigenvalue weighted by Gasteiger charge is -2.08. The third kappa shape index (κ3) is 3.93. The fourth-order valence-corrected chi connectivity index (χ4v) is 3.08. The van der Waals surface area contributed by atoms with Crippen LogP contribution in [0.4, 0.5) is 5.69 Å². The zero-order valence-electron chi connectivity index (χ0n) is 16.0. The van der Waals surface area contributed by atoms with Crippen LogP contribution in [0.15, 0.2) is 36.5 Å². The molecule has 2 heterocycles. The molecule has 0 aliphatic carbocycles. The Bertz CT molecular complexity index is 1010. The number of nitrogens with zero attached hydrogens (tertiary/aromatic N) is 5. The van der Waals surface area contributed by atoms with E-state index in [9.17, 15) is 14.9 Å². The van der Waals surface area contributed by atoms with Gasteiger partial charge in [-0.05, 0) is 32.9 Å². The molecule has 1 N–H and O–H groups in total. The lowest BCUT2D eigenvalue weighted by molar-refractivity contribution is -0.385. The number of carbonyl (C=O) groups excluding carboxylic acids is 1. The van der Waals surface area contributed by atoms with E-state index in [0.29, 0.717) is 12.2 Å². The van der Waals surface area contributed by atoms with Gasteiger partial charge in [0.2, 0.25) is 5.91 Å². The van der Waals surface area contributed by atoms with Gasteiger partial charge in [0, 0.05) is 24.2 Å². The van der Waals surface area contributed by atoms with Crippen LogP contribution in [0.3, 0.4) is 0 Å². The molecule has 0 spiro atoms. The Morgan fingerprint density at radius 1 is 1.18 bits per heavy atom. The van der Waals surface area contributed by atoms with E-state index >= 15 is 0 Å². The van der Waals surface area contributed by atoms with E-state index in [1.807, 2.05) is 48.9 Å². The molecule has 1 aromatic carbocycles. The maximum absolute atomic E-state index is 12.2. The van der Waals surface area contributed by atoms with Crippen molar-refractivity contribution in [3.8, 4) is 5.69 Å². The Balaban J connectivity index is 1.61. The van der Waals surface area contributed by atoms with Gasteiger partial charge in [-0.1, -0.05) is 18.2 Å². The molecule has 1 amide bonds. The number of aromatic nitrogens is 4. The number of hydrogen-bond acceptors (Lipinski definition) is 5. The fourth-order valence-electron chi connectivity index (χ4n) is 3.08. The second-order valence-corrected chi connectivity index (χ2v) is 6.52. The Morgan fingerprint density at radius 2 is 1.89 bits per heavy atom. The van der Waals surface area contributed by atoms with E-state index in [1.165, 1.54) is 10.9 Å². The van der Waals surface area contributed by atoms with Crippen molar-refractivity contribution in [1.82, 2.24) is 24.9 Å². The predicted octanol–water partition coefficient (Wildman–Crippen LogP) is 2.61. The number of rotatable bonds is 7. The predicted molar refractivity (Wildman–Crippen MR) is 103 cm³/mol. The number of benzene rings is 1. The molecule has 146 valence electrons.